The lowest BCUT2D eigenvalue weighted by Crippen LogP contribution is -2.48. The lowest BCUT2D eigenvalue weighted by Gasteiger charge is -2.37. The fourth-order valence-electron chi connectivity index (χ4n) is 2.98. The Hall–Kier alpha value is -1.52. The summed E-state index contributed by atoms with van der Waals surface area (Å²) in [6, 6.07) is 0. The Labute approximate surface area is 122 Å². The highest BCUT2D eigenvalue weighted by Gasteiger charge is 2.23. The van der Waals surface area contributed by atoms with Gasteiger partial charge in [0.2, 0.25) is 0 Å². The van der Waals surface area contributed by atoms with Crippen LogP contribution in [0.5, 0.6) is 0 Å². The summed E-state index contributed by atoms with van der Waals surface area (Å²) in [5, 5.41) is 7.61. The Morgan fingerprint density at radius 2 is 2.10 bits per heavy atom. The fourth-order valence-corrected chi connectivity index (χ4v) is 2.98. The molecule has 1 fully saturated rings. The number of aromatic nitrogens is 2. The maximum absolute atomic E-state index is 4.77. The maximum Gasteiger partial charge on any atom is 0.194 e. The Morgan fingerprint density at radius 3 is 2.65 bits per heavy atom. The van der Waals surface area contributed by atoms with Crippen LogP contribution in [0.25, 0.3) is 0 Å². The molecule has 0 radical (unpaired) electrons. The predicted octanol–water partition coefficient (Wildman–Crippen LogP) is 1.86. The fraction of sp³-hybridized carbons (Fsp3) is 0.733. The molecule has 0 bridgehead atoms. The number of aryl methyl sites for hydroxylation is 1. The molecule has 2 heterocycles. The zero-order valence-corrected chi connectivity index (χ0v) is 13.1. The van der Waals surface area contributed by atoms with Crippen molar-refractivity contribution in [3.63, 3.8) is 0 Å². The van der Waals surface area contributed by atoms with Gasteiger partial charge in [0.1, 0.15) is 0 Å². The van der Waals surface area contributed by atoms with Crippen molar-refractivity contribution in [3.05, 3.63) is 18.0 Å². The number of aliphatic imine (C=N–C) groups is 1. The predicted molar refractivity (Wildman–Crippen MR) is 82.5 cm³/mol. The zero-order chi connectivity index (χ0) is 14.5. The van der Waals surface area contributed by atoms with E-state index in [-0.39, 0.29) is 0 Å². The number of guanidine groups is 1. The minimum atomic E-state index is 0.690. The lowest BCUT2D eigenvalue weighted by atomic mass is 9.92. The van der Waals surface area contributed by atoms with Crippen LogP contribution in [0.3, 0.4) is 0 Å². The number of nitrogens with one attached hydrogen (secondary N) is 1. The summed E-state index contributed by atoms with van der Waals surface area (Å²) in [5.74, 6) is 2.51. The van der Waals surface area contributed by atoms with E-state index in [4.69, 9.17) is 4.99 Å². The summed E-state index contributed by atoms with van der Waals surface area (Å²) >= 11 is 0. The Morgan fingerprint density at radius 1 is 1.40 bits per heavy atom. The van der Waals surface area contributed by atoms with Crippen molar-refractivity contribution >= 4 is 5.96 Å². The quantitative estimate of drug-likeness (QED) is 0.677. The topological polar surface area (TPSA) is 45.5 Å². The van der Waals surface area contributed by atoms with Crippen molar-refractivity contribution in [2.24, 2.45) is 23.9 Å². The summed E-state index contributed by atoms with van der Waals surface area (Å²) in [6.07, 6.45) is 5.22. The Balaban J connectivity index is 2.05. The van der Waals surface area contributed by atoms with Gasteiger partial charge in [-0.1, -0.05) is 13.8 Å². The molecule has 5 heteroatoms. The molecular weight excluding hydrogens is 250 g/mol. The van der Waals surface area contributed by atoms with E-state index in [2.05, 4.69) is 36.1 Å². The van der Waals surface area contributed by atoms with E-state index < -0.39 is 0 Å². The second-order valence-electron chi connectivity index (χ2n) is 6.04. The van der Waals surface area contributed by atoms with Gasteiger partial charge in [-0.25, -0.2) is 4.99 Å². The molecule has 1 aromatic rings. The molecule has 0 aliphatic carbocycles. The molecule has 2 unspecified atom stereocenters. The van der Waals surface area contributed by atoms with Crippen LogP contribution in [-0.2, 0) is 13.6 Å². The van der Waals surface area contributed by atoms with E-state index in [9.17, 15) is 0 Å². The van der Waals surface area contributed by atoms with E-state index in [0.29, 0.717) is 6.54 Å². The third-order valence-corrected chi connectivity index (χ3v) is 3.67. The van der Waals surface area contributed by atoms with E-state index in [0.717, 1.165) is 43.0 Å². The molecule has 0 amide bonds. The molecule has 0 aromatic carbocycles. The van der Waals surface area contributed by atoms with Gasteiger partial charge in [0.15, 0.2) is 5.96 Å². The van der Waals surface area contributed by atoms with Gasteiger partial charge in [-0.05, 0) is 25.2 Å². The Kier molecular flexibility index (Phi) is 5.04. The van der Waals surface area contributed by atoms with Crippen molar-refractivity contribution in [1.82, 2.24) is 20.0 Å². The van der Waals surface area contributed by atoms with Crippen LogP contribution in [0.15, 0.2) is 17.4 Å². The minimum Gasteiger partial charge on any atom is -0.357 e. The standard InChI is InChI=1S/C15H27N5/c1-5-16-15(17-7-14-8-18-19(4)11-14)20-9-12(2)6-13(3)10-20/h8,11-13H,5-7,9-10H2,1-4H3,(H,16,17). The van der Waals surface area contributed by atoms with Gasteiger partial charge in [0.05, 0.1) is 12.7 Å². The molecule has 0 saturated carbocycles. The summed E-state index contributed by atoms with van der Waals surface area (Å²) < 4.78 is 1.82. The molecule has 1 saturated heterocycles. The molecule has 1 aliphatic heterocycles. The smallest absolute Gasteiger partial charge is 0.194 e. The van der Waals surface area contributed by atoms with Crippen molar-refractivity contribution in [3.8, 4) is 0 Å². The largest absolute Gasteiger partial charge is 0.357 e. The number of hydrogen-bond acceptors (Lipinski definition) is 2. The molecule has 1 N–H and O–H groups in total. The summed E-state index contributed by atoms with van der Waals surface area (Å²) in [7, 11) is 1.94. The second kappa shape index (κ2) is 6.77. The molecule has 2 rings (SSSR count). The second-order valence-corrected chi connectivity index (χ2v) is 6.04. The van der Waals surface area contributed by atoms with Gasteiger partial charge in [0.25, 0.3) is 0 Å². The lowest BCUT2D eigenvalue weighted by molar-refractivity contribution is 0.208. The van der Waals surface area contributed by atoms with Gasteiger partial charge in [-0.3, -0.25) is 4.68 Å². The molecule has 5 nitrogen and oxygen atoms in total. The first-order valence-electron chi connectivity index (χ1n) is 7.59. The van der Waals surface area contributed by atoms with Gasteiger partial charge < -0.3 is 10.2 Å². The summed E-state index contributed by atoms with van der Waals surface area (Å²) in [6.45, 7) is 10.6. The highest BCUT2D eigenvalue weighted by atomic mass is 15.3. The molecular formula is C15H27N5. The minimum absolute atomic E-state index is 0.690. The average Bonchev–Trinajstić information content (AvgIpc) is 2.79. The normalized spacial score (nSPS) is 24.0. The Bertz CT molecular complexity index is 441. The molecule has 2 atom stereocenters. The van der Waals surface area contributed by atoms with Crippen LogP contribution in [0.1, 0.15) is 32.8 Å². The zero-order valence-electron chi connectivity index (χ0n) is 13.1. The van der Waals surface area contributed by atoms with E-state index in [1.165, 1.54) is 6.42 Å². The van der Waals surface area contributed by atoms with Crippen LogP contribution in [0.4, 0.5) is 0 Å². The van der Waals surface area contributed by atoms with Crippen molar-refractivity contribution in [2.75, 3.05) is 19.6 Å². The SMILES string of the molecule is CCNC(=NCc1cnn(C)c1)N1CC(C)CC(C)C1. The third kappa shape index (κ3) is 3.99. The van der Waals surface area contributed by atoms with Crippen molar-refractivity contribution < 1.29 is 0 Å². The van der Waals surface area contributed by atoms with Crippen LogP contribution in [0.2, 0.25) is 0 Å². The van der Waals surface area contributed by atoms with Gasteiger partial charge >= 0.3 is 0 Å². The first-order chi connectivity index (χ1) is 9.58. The average molecular weight is 277 g/mol. The summed E-state index contributed by atoms with van der Waals surface area (Å²) in [4.78, 5) is 7.17. The molecule has 1 aromatic heterocycles. The first kappa shape index (κ1) is 14.9. The van der Waals surface area contributed by atoms with E-state index >= 15 is 0 Å². The van der Waals surface area contributed by atoms with Crippen LogP contribution >= 0.6 is 0 Å². The summed E-state index contributed by atoms with van der Waals surface area (Å²) in [5.41, 5.74) is 1.15. The first-order valence-corrected chi connectivity index (χ1v) is 7.59. The molecule has 0 spiro atoms. The van der Waals surface area contributed by atoms with Crippen LogP contribution < -0.4 is 5.32 Å². The highest BCUT2D eigenvalue weighted by molar-refractivity contribution is 5.80. The number of hydrogen-bond donors (Lipinski definition) is 1. The number of rotatable bonds is 3. The van der Waals surface area contributed by atoms with Crippen molar-refractivity contribution in [1.29, 1.82) is 0 Å². The van der Waals surface area contributed by atoms with Crippen molar-refractivity contribution in [2.45, 2.75) is 33.7 Å². The van der Waals surface area contributed by atoms with Crippen LogP contribution in [-0.4, -0.2) is 40.3 Å². The van der Waals surface area contributed by atoms with E-state index in [1.807, 2.05) is 24.1 Å². The van der Waals surface area contributed by atoms with Gasteiger partial charge in [0, 0.05) is 38.4 Å². The van der Waals surface area contributed by atoms with Gasteiger partial charge in [-0.2, -0.15) is 5.10 Å². The molecule has 112 valence electrons. The number of nitrogens with zero attached hydrogens (tertiary/aromatic N) is 4. The highest BCUT2D eigenvalue weighted by Crippen LogP contribution is 2.21. The third-order valence-electron chi connectivity index (χ3n) is 3.67. The van der Waals surface area contributed by atoms with E-state index in [1.54, 1.807) is 0 Å². The van der Waals surface area contributed by atoms with Crippen LogP contribution in [0, 0.1) is 11.8 Å². The van der Waals surface area contributed by atoms with Gasteiger partial charge in [-0.15, -0.1) is 0 Å². The monoisotopic (exact) mass is 277 g/mol. The number of likely N-dealkylation sites (tertiary alicyclic amines) is 1. The maximum atomic E-state index is 4.77. The molecule has 20 heavy (non-hydrogen) atoms. The number of piperidine rings is 1. The molecule has 1 aliphatic rings.